The molecule has 0 saturated heterocycles. The van der Waals surface area contributed by atoms with E-state index in [2.05, 4.69) is 10.3 Å². The van der Waals surface area contributed by atoms with Gasteiger partial charge in [-0.15, -0.1) is 0 Å². The van der Waals surface area contributed by atoms with E-state index < -0.39 is 11.8 Å². The molecular formula is C11H14FN3O3. The van der Waals surface area contributed by atoms with Crippen molar-refractivity contribution >= 4 is 17.7 Å². The summed E-state index contributed by atoms with van der Waals surface area (Å²) in [6.45, 7) is 2.27. The maximum atomic E-state index is 12.9. The van der Waals surface area contributed by atoms with Gasteiger partial charge < -0.3 is 15.3 Å². The number of carboxylic acid groups (broad SMARTS) is 1. The SMILES string of the molecule is CCN(C)C(=O)CNc1ncc(F)cc1C(=O)O. The maximum absolute atomic E-state index is 12.9. The Balaban J connectivity index is 2.79. The molecular weight excluding hydrogens is 241 g/mol. The van der Waals surface area contributed by atoms with Crippen molar-refractivity contribution in [2.75, 3.05) is 25.5 Å². The van der Waals surface area contributed by atoms with Gasteiger partial charge in [0.15, 0.2) is 0 Å². The molecule has 0 aromatic carbocycles. The Morgan fingerprint density at radius 2 is 2.22 bits per heavy atom. The van der Waals surface area contributed by atoms with Gasteiger partial charge in [0.1, 0.15) is 17.2 Å². The van der Waals surface area contributed by atoms with Crippen LogP contribution in [0.25, 0.3) is 0 Å². The minimum atomic E-state index is -1.30. The van der Waals surface area contributed by atoms with E-state index in [1.165, 1.54) is 4.90 Å². The molecule has 0 aliphatic heterocycles. The Hall–Kier alpha value is -2.18. The van der Waals surface area contributed by atoms with E-state index in [1.807, 2.05) is 6.92 Å². The molecule has 0 radical (unpaired) electrons. The van der Waals surface area contributed by atoms with Crippen LogP contribution in [-0.4, -0.2) is 47.0 Å². The maximum Gasteiger partial charge on any atom is 0.339 e. The van der Waals surface area contributed by atoms with E-state index in [4.69, 9.17) is 5.11 Å². The van der Waals surface area contributed by atoms with Crippen molar-refractivity contribution in [3.8, 4) is 0 Å². The van der Waals surface area contributed by atoms with Gasteiger partial charge in [0.2, 0.25) is 5.91 Å². The van der Waals surface area contributed by atoms with Crippen molar-refractivity contribution in [3.63, 3.8) is 0 Å². The Bertz CT molecular complexity index is 465. The average Bonchev–Trinajstić information content (AvgIpc) is 2.35. The lowest BCUT2D eigenvalue weighted by Gasteiger charge is -2.15. The Labute approximate surface area is 103 Å². The second-order valence-electron chi connectivity index (χ2n) is 3.62. The molecule has 2 N–H and O–H groups in total. The van der Waals surface area contributed by atoms with Crippen LogP contribution in [0.4, 0.5) is 10.2 Å². The van der Waals surface area contributed by atoms with Crippen molar-refractivity contribution < 1.29 is 19.1 Å². The van der Waals surface area contributed by atoms with Crippen molar-refractivity contribution in [2.24, 2.45) is 0 Å². The van der Waals surface area contributed by atoms with Gasteiger partial charge in [0.25, 0.3) is 0 Å². The number of nitrogens with zero attached hydrogens (tertiary/aromatic N) is 2. The number of hydrogen-bond donors (Lipinski definition) is 2. The number of halogens is 1. The number of likely N-dealkylation sites (N-methyl/N-ethyl adjacent to an activating group) is 1. The fraction of sp³-hybridized carbons (Fsp3) is 0.364. The van der Waals surface area contributed by atoms with E-state index >= 15 is 0 Å². The molecule has 0 spiro atoms. The number of anilines is 1. The second kappa shape index (κ2) is 5.95. The molecule has 0 saturated carbocycles. The van der Waals surface area contributed by atoms with Gasteiger partial charge in [-0.3, -0.25) is 4.79 Å². The van der Waals surface area contributed by atoms with Crippen LogP contribution in [0, 0.1) is 5.82 Å². The Kier molecular flexibility index (Phi) is 4.59. The number of nitrogens with one attached hydrogen (secondary N) is 1. The molecule has 18 heavy (non-hydrogen) atoms. The van der Waals surface area contributed by atoms with Gasteiger partial charge in [-0.25, -0.2) is 14.2 Å². The van der Waals surface area contributed by atoms with Gasteiger partial charge in [-0.1, -0.05) is 0 Å². The number of carbonyl (C=O) groups is 2. The summed E-state index contributed by atoms with van der Waals surface area (Å²) in [5.74, 6) is -2.28. The molecule has 0 aliphatic carbocycles. The van der Waals surface area contributed by atoms with E-state index in [1.54, 1.807) is 7.05 Å². The third-order valence-corrected chi connectivity index (χ3v) is 2.39. The highest BCUT2D eigenvalue weighted by molar-refractivity contribution is 5.93. The molecule has 0 unspecified atom stereocenters. The van der Waals surface area contributed by atoms with Crippen LogP contribution >= 0.6 is 0 Å². The molecule has 1 heterocycles. The van der Waals surface area contributed by atoms with Crippen LogP contribution in [0.1, 0.15) is 17.3 Å². The van der Waals surface area contributed by atoms with E-state index in [0.717, 1.165) is 12.3 Å². The first-order valence-corrected chi connectivity index (χ1v) is 5.32. The second-order valence-corrected chi connectivity index (χ2v) is 3.62. The number of hydrogen-bond acceptors (Lipinski definition) is 4. The molecule has 1 aromatic rings. The molecule has 1 rings (SSSR count). The van der Waals surface area contributed by atoms with Crippen molar-refractivity contribution in [3.05, 3.63) is 23.6 Å². The summed E-state index contributed by atoms with van der Waals surface area (Å²) in [5.41, 5.74) is -0.304. The van der Waals surface area contributed by atoms with Gasteiger partial charge in [0.05, 0.1) is 12.7 Å². The molecule has 0 fully saturated rings. The first-order valence-electron chi connectivity index (χ1n) is 5.32. The highest BCUT2D eigenvalue weighted by Crippen LogP contribution is 2.13. The summed E-state index contributed by atoms with van der Waals surface area (Å²) >= 11 is 0. The van der Waals surface area contributed by atoms with Gasteiger partial charge >= 0.3 is 5.97 Å². The number of carboxylic acids is 1. The van der Waals surface area contributed by atoms with Crippen LogP contribution in [0.15, 0.2) is 12.3 Å². The lowest BCUT2D eigenvalue weighted by molar-refractivity contribution is -0.127. The monoisotopic (exact) mass is 255 g/mol. The summed E-state index contributed by atoms with van der Waals surface area (Å²) in [7, 11) is 1.63. The Morgan fingerprint density at radius 1 is 1.56 bits per heavy atom. The summed E-state index contributed by atoms with van der Waals surface area (Å²) in [4.78, 5) is 27.5. The normalized spacial score (nSPS) is 9.94. The first kappa shape index (κ1) is 13.9. The van der Waals surface area contributed by atoms with Crippen LogP contribution < -0.4 is 5.32 Å². The summed E-state index contributed by atoms with van der Waals surface area (Å²) in [5, 5.41) is 11.5. The molecule has 6 nitrogen and oxygen atoms in total. The summed E-state index contributed by atoms with van der Waals surface area (Å²) in [6, 6.07) is 0.853. The topological polar surface area (TPSA) is 82.5 Å². The first-order chi connectivity index (χ1) is 8.45. The van der Waals surface area contributed by atoms with Gasteiger partial charge in [-0.05, 0) is 13.0 Å². The van der Waals surface area contributed by atoms with Crippen LogP contribution in [0.3, 0.4) is 0 Å². The lowest BCUT2D eigenvalue weighted by Crippen LogP contribution is -2.32. The predicted octanol–water partition coefficient (Wildman–Crippen LogP) is 0.809. The van der Waals surface area contributed by atoms with Gasteiger partial charge in [-0.2, -0.15) is 0 Å². The largest absolute Gasteiger partial charge is 0.478 e. The zero-order valence-corrected chi connectivity index (χ0v) is 10.1. The van der Waals surface area contributed by atoms with Crippen LogP contribution in [-0.2, 0) is 4.79 Å². The minimum Gasteiger partial charge on any atom is -0.478 e. The molecule has 1 amide bonds. The Morgan fingerprint density at radius 3 is 2.78 bits per heavy atom. The average molecular weight is 255 g/mol. The molecule has 1 aromatic heterocycles. The number of aromatic nitrogens is 1. The fourth-order valence-electron chi connectivity index (χ4n) is 1.21. The smallest absolute Gasteiger partial charge is 0.339 e. The number of carbonyl (C=O) groups excluding carboxylic acids is 1. The third-order valence-electron chi connectivity index (χ3n) is 2.39. The fourth-order valence-corrected chi connectivity index (χ4v) is 1.21. The van der Waals surface area contributed by atoms with E-state index in [9.17, 15) is 14.0 Å². The zero-order valence-electron chi connectivity index (χ0n) is 10.1. The number of pyridine rings is 1. The molecule has 7 heteroatoms. The highest BCUT2D eigenvalue weighted by Gasteiger charge is 2.14. The quantitative estimate of drug-likeness (QED) is 0.813. The zero-order chi connectivity index (χ0) is 13.7. The molecule has 0 atom stereocenters. The van der Waals surface area contributed by atoms with E-state index in [0.29, 0.717) is 6.54 Å². The number of rotatable bonds is 5. The van der Waals surface area contributed by atoms with Crippen LogP contribution in [0.2, 0.25) is 0 Å². The summed E-state index contributed by atoms with van der Waals surface area (Å²) in [6.07, 6.45) is 0.892. The lowest BCUT2D eigenvalue weighted by atomic mass is 10.2. The highest BCUT2D eigenvalue weighted by atomic mass is 19.1. The predicted molar refractivity (Wildman–Crippen MR) is 63.0 cm³/mol. The summed E-state index contributed by atoms with van der Waals surface area (Å²) < 4.78 is 12.9. The van der Waals surface area contributed by atoms with Crippen molar-refractivity contribution in [1.29, 1.82) is 0 Å². The third kappa shape index (κ3) is 3.41. The molecule has 0 bridgehead atoms. The standard InChI is InChI=1S/C11H14FN3O3/c1-3-15(2)9(16)6-14-10-8(11(17)18)4-7(12)5-13-10/h4-5H,3,6H2,1-2H3,(H,13,14)(H,17,18). The van der Waals surface area contributed by atoms with E-state index in [-0.39, 0.29) is 23.8 Å². The van der Waals surface area contributed by atoms with Crippen molar-refractivity contribution in [2.45, 2.75) is 6.92 Å². The van der Waals surface area contributed by atoms with Crippen molar-refractivity contribution in [1.82, 2.24) is 9.88 Å². The number of aromatic carboxylic acids is 1. The number of amides is 1. The minimum absolute atomic E-state index is 0.0262. The van der Waals surface area contributed by atoms with Gasteiger partial charge in [0, 0.05) is 13.6 Å². The van der Waals surface area contributed by atoms with Crippen LogP contribution in [0.5, 0.6) is 0 Å². The molecule has 98 valence electrons. The molecule has 0 aliphatic rings.